The summed E-state index contributed by atoms with van der Waals surface area (Å²) in [6, 6.07) is 17.3. The third-order valence-corrected chi connectivity index (χ3v) is 8.62. The molecule has 2 saturated heterocycles. The summed E-state index contributed by atoms with van der Waals surface area (Å²) in [5.41, 5.74) is 5.55. The minimum Gasteiger partial charge on any atom is -0.479 e. The number of rotatable bonds is 7. The lowest BCUT2D eigenvalue weighted by molar-refractivity contribution is -0.0592. The smallest absolute Gasteiger partial charge is 0.335 e. The molecule has 0 spiro atoms. The predicted octanol–water partition coefficient (Wildman–Crippen LogP) is 5.32. The van der Waals surface area contributed by atoms with E-state index in [1.165, 1.54) is 5.56 Å². The Balaban J connectivity index is 1.07. The number of hydrogen-bond donors (Lipinski definition) is 1. The SMILES string of the molecule is N#Cc1ccc([C@H]2C=Cc3cccc(C4CCN(Cc5nc6ccc(C(=O)O)cc6n5C[C@@H]5CCO5)CC4)c3O2)nc1. The van der Waals surface area contributed by atoms with Crippen LogP contribution in [0.4, 0.5) is 0 Å². The summed E-state index contributed by atoms with van der Waals surface area (Å²) in [7, 11) is 0. The average Bonchev–Trinajstić information content (AvgIpc) is 3.34. The second-order valence-corrected chi connectivity index (χ2v) is 11.2. The van der Waals surface area contributed by atoms with Crippen LogP contribution in [0, 0.1) is 11.3 Å². The van der Waals surface area contributed by atoms with Crippen LogP contribution in [0.25, 0.3) is 17.1 Å². The van der Waals surface area contributed by atoms with Crippen LogP contribution in [0.15, 0.2) is 60.8 Å². The van der Waals surface area contributed by atoms with Crippen molar-refractivity contribution in [3.8, 4) is 11.8 Å². The number of aromatic carboxylic acids is 1. The Morgan fingerprint density at radius 1 is 1.12 bits per heavy atom. The Morgan fingerprint density at radius 2 is 1.98 bits per heavy atom. The molecule has 0 bridgehead atoms. The number of likely N-dealkylation sites (tertiary alicyclic amines) is 1. The maximum Gasteiger partial charge on any atom is 0.335 e. The molecule has 0 saturated carbocycles. The van der Waals surface area contributed by atoms with E-state index in [9.17, 15) is 9.90 Å². The molecule has 9 nitrogen and oxygen atoms in total. The van der Waals surface area contributed by atoms with Crippen molar-refractivity contribution < 1.29 is 19.4 Å². The summed E-state index contributed by atoms with van der Waals surface area (Å²) >= 11 is 0. The van der Waals surface area contributed by atoms with Gasteiger partial charge in [-0.2, -0.15) is 5.26 Å². The first-order valence-corrected chi connectivity index (χ1v) is 14.5. The van der Waals surface area contributed by atoms with Gasteiger partial charge in [0, 0.05) is 18.4 Å². The molecule has 3 aliphatic rings. The van der Waals surface area contributed by atoms with Crippen LogP contribution in [0.3, 0.4) is 0 Å². The Morgan fingerprint density at radius 3 is 2.69 bits per heavy atom. The normalized spacial score (nSPS) is 20.5. The van der Waals surface area contributed by atoms with Gasteiger partial charge in [0.1, 0.15) is 17.6 Å². The number of carbonyl (C=O) groups is 1. The molecule has 1 N–H and O–H groups in total. The second kappa shape index (κ2) is 11.0. The number of hydrogen-bond acceptors (Lipinski definition) is 7. The first-order valence-electron chi connectivity index (χ1n) is 14.5. The van der Waals surface area contributed by atoms with E-state index in [4.69, 9.17) is 19.7 Å². The zero-order chi connectivity index (χ0) is 28.6. The van der Waals surface area contributed by atoms with Gasteiger partial charge in [0.15, 0.2) is 6.10 Å². The number of nitriles is 1. The molecule has 2 aromatic carbocycles. The fourth-order valence-electron chi connectivity index (χ4n) is 6.18. The first-order chi connectivity index (χ1) is 20.6. The van der Waals surface area contributed by atoms with Crippen LogP contribution in [-0.4, -0.2) is 56.3 Å². The van der Waals surface area contributed by atoms with Crippen molar-refractivity contribution in [1.82, 2.24) is 19.4 Å². The largest absolute Gasteiger partial charge is 0.479 e. The zero-order valence-corrected chi connectivity index (χ0v) is 23.1. The molecule has 42 heavy (non-hydrogen) atoms. The molecule has 212 valence electrons. The molecule has 0 radical (unpaired) electrons. The minimum atomic E-state index is -0.935. The molecule has 2 atom stereocenters. The topological polar surface area (TPSA) is 114 Å². The third kappa shape index (κ3) is 5.04. The van der Waals surface area contributed by atoms with Crippen molar-refractivity contribution in [1.29, 1.82) is 5.26 Å². The average molecular weight is 562 g/mol. The van der Waals surface area contributed by atoms with E-state index in [1.54, 1.807) is 30.5 Å². The van der Waals surface area contributed by atoms with Gasteiger partial charge in [0.05, 0.1) is 47.0 Å². The standard InChI is InChI=1S/C33H31N5O4/c34-17-21-4-7-28(35-18-21)30-9-6-23-2-1-3-26(32(23)42-30)22-10-13-37(14-11-22)20-31-36-27-8-5-24(33(39)40)16-29(27)38(31)19-25-12-15-41-25/h1-9,16,18,22,25,30H,10-15,19-20H2,(H,39,40)/t25-,30+/m0/s1. The zero-order valence-electron chi connectivity index (χ0n) is 23.1. The van der Waals surface area contributed by atoms with Gasteiger partial charge in [0.25, 0.3) is 0 Å². The molecule has 4 aromatic rings. The summed E-state index contributed by atoms with van der Waals surface area (Å²) in [5.74, 6) is 1.31. The van der Waals surface area contributed by atoms with Crippen molar-refractivity contribution in [2.24, 2.45) is 0 Å². The van der Waals surface area contributed by atoms with Crippen molar-refractivity contribution in [2.75, 3.05) is 19.7 Å². The summed E-state index contributed by atoms with van der Waals surface area (Å²) in [5, 5.41) is 18.6. The van der Waals surface area contributed by atoms with Crippen LogP contribution in [0.5, 0.6) is 5.75 Å². The van der Waals surface area contributed by atoms with E-state index < -0.39 is 5.97 Å². The molecule has 2 fully saturated rings. The highest BCUT2D eigenvalue weighted by Gasteiger charge is 2.29. The summed E-state index contributed by atoms with van der Waals surface area (Å²) in [6.07, 6.45) is 8.56. The molecule has 3 aliphatic heterocycles. The van der Waals surface area contributed by atoms with E-state index in [2.05, 4.69) is 44.8 Å². The van der Waals surface area contributed by atoms with Gasteiger partial charge >= 0.3 is 5.97 Å². The van der Waals surface area contributed by atoms with Gasteiger partial charge in [0.2, 0.25) is 0 Å². The fraction of sp³-hybridized carbons (Fsp3) is 0.333. The van der Waals surface area contributed by atoms with Crippen molar-refractivity contribution in [3.63, 3.8) is 0 Å². The number of carboxylic acids is 1. The number of piperidine rings is 1. The first kappa shape index (κ1) is 26.4. The van der Waals surface area contributed by atoms with Crippen LogP contribution in [-0.2, 0) is 17.8 Å². The molecule has 2 aromatic heterocycles. The molecule has 0 aliphatic carbocycles. The number of benzene rings is 2. The van der Waals surface area contributed by atoms with Crippen molar-refractivity contribution in [3.05, 3.63) is 94.6 Å². The Hall–Kier alpha value is -4.52. The molecule has 0 amide bonds. The second-order valence-electron chi connectivity index (χ2n) is 11.2. The molecule has 5 heterocycles. The van der Waals surface area contributed by atoms with E-state index in [0.29, 0.717) is 24.6 Å². The lowest BCUT2D eigenvalue weighted by atomic mass is 9.87. The highest BCUT2D eigenvalue weighted by Crippen LogP contribution is 2.41. The fourth-order valence-corrected chi connectivity index (χ4v) is 6.18. The van der Waals surface area contributed by atoms with Crippen LogP contribution in [0.1, 0.15) is 69.9 Å². The maximum absolute atomic E-state index is 11.6. The predicted molar refractivity (Wildman–Crippen MR) is 156 cm³/mol. The number of imidazole rings is 1. The number of nitrogens with zero attached hydrogens (tertiary/aromatic N) is 5. The minimum absolute atomic E-state index is 0.141. The van der Waals surface area contributed by atoms with E-state index >= 15 is 0 Å². The van der Waals surface area contributed by atoms with Gasteiger partial charge < -0.3 is 19.1 Å². The molecular formula is C33H31N5O4. The van der Waals surface area contributed by atoms with E-state index in [1.807, 2.05) is 12.1 Å². The molecule has 9 heteroatoms. The van der Waals surface area contributed by atoms with Crippen molar-refractivity contribution in [2.45, 2.75) is 50.5 Å². The van der Waals surface area contributed by atoms with Crippen molar-refractivity contribution >= 4 is 23.1 Å². The Kier molecular flexibility index (Phi) is 6.94. The maximum atomic E-state index is 11.6. The Bertz CT molecular complexity index is 1710. The third-order valence-electron chi connectivity index (χ3n) is 8.62. The van der Waals surface area contributed by atoms with Gasteiger partial charge in [-0.1, -0.05) is 24.3 Å². The quantitative estimate of drug-likeness (QED) is 0.323. The number of fused-ring (bicyclic) bond motifs is 2. The summed E-state index contributed by atoms with van der Waals surface area (Å²) in [6.45, 7) is 4.01. The highest BCUT2D eigenvalue weighted by atomic mass is 16.5. The molecule has 0 unspecified atom stereocenters. The van der Waals surface area contributed by atoms with E-state index in [0.717, 1.165) is 72.8 Å². The summed E-state index contributed by atoms with van der Waals surface area (Å²) < 4.78 is 14.4. The molecular weight excluding hydrogens is 530 g/mol. The number of pyridine rings is 1. The highest BCUT2D eigenvalue weighted by molar-refractivity contribution is 5.92. The molecule has 7 rings (SSSR count). The lowest BCUT2D eigenvalue weighted by Gasteiger charge is -2.34. The van der Waals surface area contributed by atoms with Gasteiger partial charge in [-0.15, -0.1) is 0 Å². The number of ether oxygens (including phenoxy) is 2. The number of aromatic nitrogens is 3. The van der Waals surface area contributed by atoms with Crippen LogP contribution < -0.4 is 4.74 Å². The number of para-hydroxylation sites is 1. The van der Waals surface area contributed by atoms with Gasteiger partial charge in [-0.3, -0.25) is 9.88 Å². The monoisotopic (exact) mass is 561 g/mol. The van der Waals surface area contributed by atoms with Gasteiger partial charge in [-0.05, 0) is 80.2 Å². The van der Waals surface area contributed by atoms with Crippen LogP contribution in [0.2, 0.25) is 0 Å². The number of carboxylic acid groups (broad SMARTS) is 1. The van der Waals surface area contributed by atoms with E-state index in [-0.39, 0.29) is 17.8 Å². The lowest BCUT2D eigenvalue weighted by Crippen LogP contribution is -2.35. The van der Waals surface area contributed by atoms with Gasteiger partial charge in [-0.25, -0.2) is 9.78 Å². The Labute approximate surface area is 243 Å². The summed E-state index contributed by atoms with van der Waals surface area (Å²) in [4.78, 5) is 23.4. The van der Waals surface area contributed by atoms with Crippen LogP contribution >= 0.6 is 0 Å².